The summed E-state index contributed by atoms with van der Waals surface area (Å²) in [5.74, 6) is -2.83. The number of amides is 1. The van der Waals surface area contributed by atoms with Crippen molar-refractivity contribution in [3.05, 3.63) is 23.1 Å². The van der Waals surface area contributed by atoms with Gasteiger partial charge in [-0.05, 0) is 46.0 Å². The summed E-state index contributed by atoms with van der Waals surface area (Å²) in [4.78, 5) is 44.7. The van der Waals surface area contributed by atoms with E-state index in [2.05, 4.69) is 4.98 Å². The summed E-state index contributed by atoms with van der Waals surface area (Å²) in [6, 6.07) is -0.817. The van der Waals surface area contributed by atoms with Crippen LogP contribution in [-0.2, 0) is 28.9 Å². The number of imidazole rings is 1. The molecule has 2 aromatic heterocycles. The van der Waals surface area contributed by atoms with E-state index in [0.29, 0.717) is 4.88 Å². The quantitative estimate of drug-likeness (QED) is 0.342. The Morgan fingerprint density at radius 1 is 1.27 bits per heavy atom. The summed E-state index contributed by atoms with van der Waals surface area (Å²) in [5, 5.41) is 20.7. The number of hydrogen-bond acceptors (Lipinski definition) is 10. The molecule has 1 amide bonds. The SMILES string of the molecule is CCC(OC(=O)OC1CCCCC1)[C@@]1(C)C(c2cn3cnc(S(C)(=O)=O)c3s2)=C(C(=O)O)N2C(=O)[C@H]([C@@H](C)O)[C@@H]21. The Balaban J connectivity index is 1.63. The number of aliphatic hydroxyl groups excluding tert-OH is 1. The molecule has 0 bridgehead atoms. The minimum absolute atomic E-state index is 0.151. The number of carboxylic acid groups (broad SMARTS) is 1. The summed E-state index contributed by atoms with van der Waals surface area (Å²) in [6.07, 6.45) is 5.52. The number of aliphatic carboxylic acids is 1. The van der Waals surface area contributed by atoms with Crippen LogP contribution >= 0.6 is 11.3 Å². The number of aliphatic hydroxyl groups is 1. The number of β-lactam (4-membered cyclic amide) rings is 1. The van der Waals surface area contributed by atoms with Gasteiger partial charge in [-0.3, -0.25) is 9.20 Å². The van der Waals surface area contributed by atoms with Gasteiger partial charge in [0.05, 0.1) is 28.4 Å². The molecule has 2 N–H and O–H groups in total. The van der Waals surface area contributed by atoms with Crippen molar-refractivity contribution in [2.75, 3.05) is 6.26 Å². The highest BCUT2D eigenvalue weighted by atomic mass is 32.2. The Hall–Kier alpha value is -2.97. The highest BCUT2D eigenvalue weighted by Crippen LogP contribution is 2.61. The van der Waals surface area contributed by atoms with Crippen molar-refractivity contribution in [3.8, 4) is 0 Å². The minimum Gasteiger partial charge on any atom is -0.477 e. The van der Waals surface area contributed by atoms with Gasteiger partial charge < -0.3 is 24.6 Å². The van der Waals surface area contributed by atoms with Gasteiger partial charge in [-0.15, -0.1) is 11.3 Å². The molecule has 1 aliphatic carbocycles. The van der Waals surface area contributed by atoms with E-state index in [-0.39, 0.29) is 33.7 Å². The molecule has 2 aromatic rings. The summed E-state index contributed by atoms with van der Waals surface area (Å²) in [7, 11) is -3.68. The van der Waals surface area contributed by atoms with Crippen molar-refractivity contribution in [1.29, 1.82) is 0 Å². The Bertz CT molecular complexity index is 1500. The molecule has 14 heteroatoms. The van der Waals surface area contributed by atoms with E-state index < -0.39 is 57.5 Å². The van der Waals surface area contributed by atoms with Crippen molar-refractivity contribution in [3.63, 3.8) is 0 Å². The first-order chi connectivity index (χ1) is 18.8. The second-order valence-corrected chi connectivity index (χ2v) is 14.0. The fraction of sp³-hybridized carbons (Fsp3) is 0.615. The number of thiazole rings is 1. The van der Waals surface area contributed by atoms with E-state index in [1.165, 1.54) is 22.6 Å². The van der Waals surface area contributed by atoms with Crippen molar-refractivity contribution < 1.29 is 42.5 Å². The van der Waals surface area contributed by atoms with Gasteiger partial charge in [0.25, 0.3) is 0 Å². The monoisotopic (exact) mass is 595 g/mol. The second-order valence-electron chi connectivity index (χ2n) is 11.0. The molecule has 0 aromatic carbocycles. The van der Waals surface area contributed by atoms with Crippen LogP contribution in [0.3, 0.4) is 0 Å². The zero-order valence-electron chi connectivity index (χ0n) is 22.7. The third-order valence-corrected chi connectivity index (χ3v) is 10.6. The largest absolute Gasteiger partial charge is 0.508 e. The number of nitrogens with zero attached hydrogens (tertiary/aromatic N) is 3. The molecule has 4 heterocycles. The van der Waals surface area contributed by atoms with E-state index in [0.717, 1.165) is 49.7 Å². The number of carbonyl (C=O) groups excluding carboxylic acids is 2. The lowest BCUT2D eigenvalue weighted by molar-refractivity contribution is -0.171. The number of aromatic nitrogens is 2. The number of ether oxygens (including phenoxy) is 2. The summed E-state index contributed by atoms with van der Waals surface area (Å²) in [5.41, 5.74) is -1.33. The summed E-state index contributed by atoms with van der Waals surface area (Å²) >= 11 is 1.02. The van der Waals surface area contributed by atoms with Crippen LogP contribution in [-0.4, -0.2) is 81.6 Å². The normalized spacial score (nSPS) is 26.9. The first-order valence-electron chi connectivity index (χ1n) is 13.3. The van der Waals surface area contributed by atoms with Crippen LogP contribution in [0, 0.1) is 11.3 Å². The molecular formula is C26H33N3O9S2. The topological polar surface area (TPSA) is 165 Å². The Kier molecular flexibility index (Phi) is 7.24. The number of sulfone groups is 1. The van der Waals surface area contributed by atoms with E-state index in [1.807, 2.05) is 0 Å². The third-order valence-electron chi connectivity index (χ3n) is 8.36. The van der Waals surface area contributed by atoms with Crippen LogP contribution in [0.5, 0.6) is 0 Å². The van der Waals surface area contributed by atoms with Crippen LogP contribution < -0.4 is 0 Å². The van der Waals surface area contributed by atoms with Crippen LogP contribution in [0.4, 0.5) is 4.79 Å². The third kappa shape index (κ3) is 4.40. The predicted octanol–water partition coefficient (Wildman–Crippen LogP) is 3.09. The molecule has 1 saturated heterocycles. The van der Waals surface area contributed by atoms with Gasteiger partial charge in [0.15, 0.2) is 14.9 Å². The van der Waals surface area contributed by atoms with Crippen LogP contribution in [0.1, 0.15) is 64.2 Å². The van der Waals surface area contributed by atoms with Crippen molar-refractivity contribution >= 4 is 49.6 Å². The number of carbonyl (C=O) groups is 3. The lowest BCUT2D eigenvalue weighted by atomic mass is 9.64. The Labute approximate surface area is 235 Å². The van der Waals surface area contributed by atoms with Gasteiger partial charge in [-0.2, -0.15) is 0 Å². The molecule has 12 nitrogen and oxygen atoms in total. The predicted molar refractivity (Wildman–Crippen MR) is 143 cm³/mol. The number of fused-ring (bicyclic) bond motifs is 2. The molecule has 218 valence electrons. The average molecular weight is 596 g/mol. The lowest BCUT2D eigenvalue weighted by Crippen LogP contribution is -2.68. The first-order valence-corrected chi connectivity index (χ1v) is 16.0. The van der Waals surface area contributed by atoms with Gasteiger partial charge >= 0.3 is 12.1 Å². The van der Waals surface area contributed by atoms with Gasteiger partial charge in [0.2, 0.25) is 5.91 Å². The van der Waals surface area contributed by atoms with Crippen LogP contribution in [0.25, 0.3) is 10.4 Å². The van der Waals surface area contributed by atoms with E-state index in [9.17, 15) is 33.0 Å². The molecule has 0 spiro atoms. The number of hydrogen-bond donors (Lipinski definition) is 2. The van der Waals surface area contributed by atoms with Gasteiger partial charge in [0, 0.05) is 18.0 Å². The average Bonchev–Trinajstić information content (AvgIpc) is 3.51. The molecule has 40 heavy (non-hydrogen) atoms. The first kappa shape index (κ1) is 28.6. The molecule has 5 rings (SSSR count). The zero-order chi connectivity index (χ0) is 29.1. The van der Waals surface area contributed by atoms with Gasteiger partial charge in [0.1, 0.15) is 29.1 Å². The number of rotatable bonds is 8. The molecular weight excluding hydrogens is 562 g/mol. The van der Waals surface area contributed by atoms with Crippen molar-refractivity contribution in [1.82, 2.24) is 14.3 Å². The maximum Gasteiger partial charge on any atom is 0.508 e. The summed E-state index contributed by atoms with van der Waals surface area (Å²) in [6.45, 7) is 4.98. The molecule has 1 saturated carbocycles. The second kappa shape index (κ2) is 10.1. The molecule has 2 fully saturated rings. The van der Waals surface area contributed by atoms with Gasteiger partial charge in [-0.25, -0.2) is 23.0 Å². The summed E-state index contributed by atoms with van der Waals surface area (Å²) < 4.78 is 37.7. The smallest absolute Gasteiger partial charge is 0.477 e. The zero-order valence-corrected chi connectivity index (χ0v) is 24.3. The minimum atomic E-state index is -3.68. The van der Waals surface area contributed by atoms with Crippen LogP contribution in [0.2, 0.25) is 0 Å². The lowest BCUT2D eigenvalue weighted by Gasteiger charge is -2.52. The van der Waals surface area contributed by atoms with Crippen molar-refractivity contribution in [2.45, 2.75) is 88.7 Å². The highest BCUT2D eigenvalue weighted by molar-refractivity contribution is 7.91. The standard InChI is InChI=1S/C26H33N3O9S2/c1-5-16(38-25(34)37-14-9-7-6-8-10-14)26(3)18(15-11-28-12-27-21(23(28)39-15)40(4,35)36)19(24(32)33)29-20(26)17(13(2)30)22(29)31/h11-14,16-17,20,30H,5-10H2,1-4H3,(H,32,33)/t13-,16?,17-,20-,26+/m1/s1. The van der Waals surface area contributed by atoms with E-state index in [4.69, 9.17) is 9.47 Å². The van der Waals surface area contributed by atoms with Gasteiger partial charge in [-0.1, -0.05) is 13.3 Å². The maximum absolute atomic E-state index is 13.2. The fourth-order valence-electron chi connectivity index (χ4n) is 6.58. The molecule has 5 atom stereocenters. The molecule has 2 aliphatic heterocycles. The van der Waals surface area contributed by atoms with E-state index in [1.54, 1.807) is 20.0 Å². The molecule has 3 aliphatic rings. The fourth-order valence-corrected chi connectivity index (χ4v) is 8.96. The molecule has 0 radical (unpaired) electrons. The van der Waals surface area contributed by atoms with Crippen molar-refractivity contribution in [2.24, 2.45) is 11.3 Å². The van der Waals surface area contributed by atoms with Crippen LogP contribution in [0.15, 0.2) is 23.2 Å². The molecule has 1 unspecified atom stereocenters. The highest BCUT2D eigenvalue weighted by Gasteiger charge is 2.69. The number of carboxylic acids is 1. The Morgan fingerprint density at radius 2 is 1.95 bits per heavy atom. The Morgan fingerprint density at radius 3 is 2.52 bits per heavy atom. The van der Waals surface area contributed by atoms with E-state index >= 15 is 0 Å². The maximum atomic E-state index is 13.2.